The normalized spacial score (nSPS) is 19.1. The quantitative estimate of drug-likeness (QED) is 0.681. The molecular weight excluding hydrogens is 432 g/mol. The minimum Gasteiger partial charge on any atom is -0.488 e. The van der Waals surface area contributed by atoms with Gasteiger partial charge in [0.05, 0.1) is 25.6 Å². The lowest BCUT2D eigenvalue weighted by Crippen LogP contribution is -2.48. The first kappa shape index (κ1) is 25.4. The van der Waals surface area contributed by atoms with E-state index in [9.17, 15) is 14.7 Å². The fourth-order valence-corrected chi connectivity index (χ4v) is 4.01. The van der Waals surface area contributed by atoms with Crippen molar-refractivity contribution in [1.29, 1.82) is 0 Å². The fourth-order valence-electron chi connectivity index (χ4n) is 4.01. The summed E-state index contributed by atoms with van der Waals surface area (Å²) in [5.41, 5.74) is 2.49. The second-order valence-corrected chi connectivity index (χ2v) is 9.25. The van der Waals surface area contributed by atoms with Crippen LogP contribution >= 0.6 is 0 Å². The van der Waals surface area contributed by atoms with E-state index in [-0.39, 0.29) is 43.0 Å². The molecule has 0 aliphatic carbocycles. The molecular formula is C26H36N4O4. The molecule has 8 heteroatoms. The zero-order valence-electron chi connectivity index (χ0n) is 20.7. The summed E-state index contributed by atoms with van der Waals surface area (Å²) < 4.78 is 6.46. The molecule has 0 bridgehead atoms. The maximum atomic E-state index is 13.2. The average Bonchev–Trinajstić information content (AvgIpc) is 2.86. The van der Waals surface area contributed by atoms with Crippen LogP contribution in [0.25, 0.3) is 0 Å². The van der Waals surface area contributed by atoms with Crippen LogP contribution in [-0.2, 0) is 11.2 Å². The lowest BCUT2D eigenvalue weighted by Gasteiger charge is -2.34. The first-order valence-electron chi connectivity index (χ1n) is 11.6. The molecule has 0 saturated heterocycles. The van der Waals surface area contributed by atoms with E-state index in [0.29, 0.717) is 18.8 Å². The van der Waals surface area contributed by atoms with Crippen molar-refractivity contribution >= 4 is 23.3 Å². The number of nitrogens with zero attached hydrogens (tertiary/aromatic N) is 3. The maximum Gasteiger partial charge on any atom is 0.321 e. The Morgan fingerprint density at radius 3 is 2.56 bits per heavy atom. The smallest absolute Gasteiger partial charge is 0.321 e. The number of hydrogen-bond acceptors (Lipinski definition) is 5. The molecule has 0 spiro atoms. The Bertz CT molecular complexity index is 982. The van der Waals surface area contributed by atoms with Crippen LogP contribution in [-0.4, -0.2) is 79.8 Å². The summed E-state index contributed by atoms with van der Waals surface area (Å²) in [6.07, 6.45) is -0.166. The molecule has 3 amide bonds. The van der Waals surface area contributed by atoms with Crippen LogP contribution in [0.1, 0.15) is 19.4 Å². The van der Waals surface area contributed by atoms with Gasteiger partial charge in [0.2, 0.25) is 5.91 Å². The highest BCUT2D eigenvalue weighted by atomic mass is 16.5. The molecule has 0 saturated carbocycles. The molecule has 3 atom stereocenters. The van der Waals surface area contributed by atoms with Crippen LogP contribution in [0.2, 0.25) is 0 Å². The number of fused-ring (bicyclic) bond motifs is 1. The highest BCUT2D eigenvalue weighted by molar-refractivity contribution is 5.89. The summed E-state index contributed by atoms with van der Waals surface area (Å²) in [7, 11) is 5.63. The number of carbonyl (C=O) groups is 2. The number of aliphatic hydroxyl groups is 1. The molecule has 0 radical (unpaired) electrons. The van der Waals surface area contributed by atoms with E-state index in [1.54, 1.807) is 16.8 Å². The fraction of sp³-hybridized carbons (Fsp3) is 0.462. The number of rotatable bonds is 6. The van der Waals surface area contributed by atoms with E-state index in [1.807, 2.05) is 81.4 Å². The number of benzene rings is 2. The molecule has 1 aliphatic rings. The molecule has 2 N–H and O–H groups in total. The van der Waals surface area contributed by atoms with Gasteiger partial charge in [-0.25, -0.2) is 4.79 Å². The number of aliphatic hydroxyl groups excluding tert-OH is 1. The number of nitrogens with one attached hydrogen (secondary N) is 1. The van der Waals surface area contributed by atoms with Crippen LogP contribution < -0.4 is 15.0 Å². The Morgan fingerprint density at radius 1 is 1.21 bits per heavy atom. The highest BCUT2D eigenvalue weighted by Gasteiger charge is 2.31. The first-order valence-corrected chi connectivity index (χ1v) is 11.6. The number of ether oxygens (including phenoxy) is 1. The minimum atomic E-state index is -0.352. The molecule has 1 aliphatic heterocycles. The molecule has 3 rings (SSSR count). The van der Waals surface area contributed by atoms with Crippen molar-refractivity contribution in [2.24, 2.45) is 5.92 Å². The van der Waals surface area contributed by atoms with Gasteiger partial charge in [-0.3, -0.25) is 4.79 Å². The van der Waals surface area contributed by atoms with Crippen molar-refractivity contribution in [3.8, 4) is 5.75 Å². The van der Waals surface area contributed by atoms with Gasteiger partial charge in [-0.1, -0.05) is 25.1 Å². The van der Waals surface area contributed by atoms with Gasteiger partial charge in [-0.2, -0.15) is 0 Å². The molecule has 184 valence electrons. The summed E-state index contributed by atoms with van der Waals surface area (Å²) in [4.78, 5) is 31.3. The molecule has 2 aromatic rings. The third-order valence-corrected chi connectivity index (χ3v) is 6.24. The zero-order chi connectivity index (χ0) is 24.8. The minimum absolute atomic E-state index is 0.0509. The lowest BCUT2D eigenvalue weighted by molar-refractivity contribution is -0.134. The number of anilines is 2. The highest BCUT2D eigenvalue weighted by Crippen LogP contribution is 2.30. The molecule has 1 heterocycles. The van der Waals surface area contributed by atoms with Gasteiger partial charge in [0.25, 0.3) is 0 Å². The maximum absolute atomic E-state index is 13.2. The topological polar surface area (TPSA) is 85.4 Å². The van der Waals surface area contributed by atoms with Crippen LogP contribution in [0.4, 0.5) is 16.2 Å². The van der Waals surface area contributed by atoms with Gasteiger partial charge in [0.15, 0.2) is 0 Å². The van der Waals surface area contributed by atoms with E-state index in [4.69, 9.17) is 4.74 Å². The van der Waals surface area contributed by atoms with Gasteiger partial charge in [-0.05, 0) is 37.3 Å². The number of amides is 3. The first-order chi connectivity index (χ1) is 16.2. The van der Waals surface area contributed by atoms with Crippen LogP contribution in [0.15, 0.2) is 48.5 Å². The number of carbonyl (C=O) groups excluding carboxylic acids is 2. The van der Waals surface area contributed by atoms with Crippen molar-refractivity contribution in [3.63, 3.8) is 0 Å². The second kappa shape index (κ2) is 11.2. The Kier molecular flexibility index (Phi) is 8.39. The van der Waals surface area contributed by atoms with Gasteiger partial charge >= 0.3 is 6.03 Å². The monoisotopic (exact) mass is 468 g/mol. The molecule has 8 nitrogen and oxygen atoms in total. The van der Waals surface area contributed by atoms with Crippen LogP contribution in [0.3, 0.4) is 0 Å². The largest absolute Gasteiger partial charge is 0.488 e. The van der Waals surface area contributed by atoms with Crippen molar-refractivity contribution in [1.82, 2.24) is 9.80 Å². The number of hydrogen-bond donors (Lipinski definition) is 2. The van der Waals surface area contributed by atoms with E-state index in [2.05, 4.69) is 5.32 Å². The van der Waals surface area contributed by atoms with Crippen molar-refractivity contribution in [3.05, 3.63) is 54.1 Å². The summed E-state index contributed by atoms with van der Waals surface area (Å²) >= 11 is 0. The molecule has 2 aromatic carbocycles. The van der Waals surface area contributed by atoms with Crippen LogP contribution in [0.5, 0.6) is 5.75 Å². The SMILES string of the molecule is C[C@H]1CN([C@@H](C)CO)C(=O)Cc2cc(N(C)C)ccc2O[C@@H]1CN(C)C(=O)Nc1ccccc1. The molecule has 0 fully saturated rings. The Balaban J connectivity index is 1.88. The summed E-state index contributed by atoms with van der Waals surface area (Å²) in [5, 5.41) is 12.7. The summed E-state index contributed by atoms with van der Waals surface area (Å²) in [6, 6.07) is 14.6. The standard InChI is InChI=1S/C26H36N4O4/c1-18-15-30(19(2)17-31)25(32)14-20-13-22(28(3)4)11-12-23(20)34-24(18)16-29(5)26(33)27-21-9-7-6-8-10-21/h6-13,18-19,24,31H,14-17H2,1-5H3,(H,27,33)/t18-,19-,24+/m0/s1. The molecule has 34 heavy (non-hydrogen) atoms. The Labute approximate surface area is 202 Å². The van der Waals surface area contributed by atoms with E-state index in [0.717, 1.165) is 16.9 Å². The van der Waals surface area contributed by atoms with E-state index in [1.165, 1.54) is 0 Å². The van der Waals surface area contributed by atoms with Crippen molar-refractivity contribution in [2.45, 2.75) is 32.4 Å². The molecule has 0 unspecified atom stereocenters. The lowest BCUT2D eigenvalue weighted by atomic mass is 10.0. The van der Waals surface area contributed by atoms with Gasteiger partial charge in [0, 0.05) is 50.5 Å². The van der Waals surface area contributed by atoms with E-state index >= 15 is 0 Å². The summed E-state index contributed by atoms with van der Waals surface area (Å²) in [5.74, 6) is 0.514. The number of urea groups is 1. The third kappa shape index (κ3) is 6.20. The second-order valence-electron chi connectivity index (χ2n) is 9.25. The zero-order valence-corrected chi connectivity index (χ0v) is 20.7. The number of para-hydroxylation sites is 1. The van der Waals surface area contributed by atoms with Crippen molar-refractivity contribution < 1.29 is 19.4 Å². The van der Waals surface area contributed by atoms with Crippen LogP contribution in [0, 0.1) is 5.92 Å². The predicted molar refractivity (Wildman–Crippen MR) is 134 cm³/mol. The predicted octanol–water partition coefficient (Wildman–Crippen LogP) is 3.07. The van der Waals surface area contributed by atoms with E-state index < -0.39 is 0 Å². The van der Waals surface area contributed by atoms with Gasteiger partial charge < -0.3 is 29.9 Å². The van der Waals surface area contributed by atoms with Crippen molar-refractivity contribution in [2.75, 3.05) is 51.1 Å². The third-order valence-electron chi connectivity index (χ3n) is 6.24. The number of likely N-dealkylation sites (N-methyl/N-ethyl adjacent to an activating group) is 1. The van der Waals surface area contributed by atoms with Gasteiger partial charge in [0.1, 0.15) is 11.9 Å². The molecule has 0 aromatic heterocycles. The Hall–Kier alpha value is -3.26. The van der Waals surface area contributed by atoms with Gasteiger partial charge in [-0.15, -0.1) is 0 Å². The Morgan fingerprint density at radius 2 is 1.91 bits per heavy atom. The summed E-state index contributed by atoms with van der Waals surface area (Å²) in [6.45, 7) is 4.50. The average molecular weight is 469 g/mol.